The maximum Gasteiger partial charge on any atom is 0.0703 e. The summed E-state index contributed by atoms with van der Waals surface area (Å²) in [6.45, 7) is 13.3. The van der Waals surface area contributed by atoms with Crippen LogP contribution in [0.1, 0.15) is 20.3 Å². The molecule has 0 aromatic rings. The zero-order chi connectivity index (χ0) is 11.6. The van der Waals surface area contributed by atoms with Gasteiger partial charge in [0.2, 0.25) is 0 Å². The van der Waals surface area contributed by atoms with E-state index in [1.807, 2.05) is 26.0 Å². The third kappa shape index (κ3) is 3.75. The molecule has 0 bridgehead atoms. The third-order valence-corrected chi connectivity index (χ3v) is 2.47. The zero-order valence-electron chi connectivity index (χ0n) is 9.70. The molecule has 0 aliphatic heterocycles. The van der Waals surface area contributed by atoms with Gasteiger partial charge in [0.05, 0.1) is 6.10 Å². The Kier molecular flexibility index (Phi) is 6.59. The summed E-state index contributed by atoms with van der Waals surface area (Å²) in [7, 11) is 0. The van der Waals surface area contributed by atoms with Gasteiger partial charge in [-0.2, -0.15) is 5.57 Å². The topological polar surface area (TPSA) is 40.5 Å². The van der Waals surface area contributed by atoms with Crippen LogP contribution in [0.2, 0.25) is 0 Å². The molecule has 0 radical (unpaired) electrons. The van der Waals surface area contributed by atoms with Crippen molar-refractivity contribution in [3.05, 3.63) is 47.6 Å². The first-order valence-electron chi connectivity index (χ1n) is 4.95. The molecule has 1 aliphatic rings. The summed E-state index contributed by atoms with van der Waals surface area (Å²) in [4.78, 5) is 0. The molecule has 16 heavy (non-hydrogen) atoms. The first-order chi connectivity index (χ1) is 6.93. The second-order valence-corrected chi connectivity index (χ2v) is 4.08. The zero-order valence-corrected chi connectivity index (χ0v) is 13.9. The Hall–Kier alpha value is -0.0681. The van der Waals surface area contributed by atoms with E-state index in [1.165, 1.54) is 0 Å². The second-order valence-electron chi connectivity index (χ2n) is 4.08. The SMILES string of the molecule is [CH-]=C1[C@H](O)C(=C)/C(=C/C=C(C)C)C[C@H]1O.[U]. The van der Waals surface area contributed by atoms with E-state index < -0.39 is 12.2 Å². The predicted octanol–water partition coefficient (Wildman–Crippen LogP) is 1.92. The minimum Gasteiger partial charge on any atom is -0.509 e. The van der Waals surface area contributed by atoms with Gasteiger partial charge in [0.1, 0.15) is 0 Å². The van der Waals surface area contributed by atoms with Gasteiger partial charge >= 0.3 is 0 Å². The van der Waals surface area contributed by atoms with Crippen LogP contribution in [0.25, 0.3) is 0 Å². The van der Waals surface area contributed by atoms with E-state index in [1.54, 1.807) is 0 Å². The van der Waals surface area contributed by atoms with Gasteiger partial charge in [-0.15, -0.1) is 0 Å². The molecular formula is C13H17O2U-. The molecule has 0 unspecified atom stereocenters. The molecule has 0 amide bonds. The Morgan fingerprint density at radius 1 is 1.44 bits per heavy atom. The first-order valence-corrected chi connectivity index (χ1v) is 4.95. The molecule has 2 nitrogen and oxygen atoms in total. The Bertz CT molecular complexity index is 349. The van der Waals surface area contributed by atoms with Crippen LogP contribution in [0.3, 0.4) is 0 Å². The van der Waals surface area contributed by atoms with Gasteiger partial charge in [0, 0.05) is 37.2 Å². The van der Waals surface area contributed by atoms with Crippen molar-refractivity contribution in [1.29, 1.82) is 0 Å². The average Bonchev–Trinajstić information content (AvgIpc) is 2.18. The van der Waals surface area contributed by atoms with Crippen molar-refractivity contribution in [3.63, 3.8) is 0 Å². The van der Waals surface area contributed by atoms with Gasteiger partial charge in [-0.3, -0.25) is 0 Å². The van der Waals surface area contributed by atoms with E-state index in [9.17, 15) is 10.2 Å². The standard InChI is InChI=1S/C13H17O2.U/c1-8(2)5-6-11-7-12(14)10(4)13(15)9(11)3;/h4-6,12-15H,3,7H2,1-2H3;/q-1;/b11-6+;/t12-,13-;/m1./s1. The average molecular weight is 443 g/mol. The van der Waals surface area contributed by atoms with Crippen molar-refractivity contribution in [2.75, 3.05) is 0 Å². The van der Waals surface area contributed by atoms with Crippen molar-refractivity contribution < 1.29 is 41.3 Å². The summed E-state index contributed by atoms with van der Waals surface area (Å²) in [6.07, 6.45) is 2.52. The number of hydrogen-bond acceptors (Lipinski definition) is 2. The van der Waals surface area contributed by atoms with E-state index in [0.717, 1.165) is 11.1 Å². The fraction of sp³-hybridized carbons (Fsp3) is 0.385. The fourth-order valence-corrected chi connectivity index (χ4v) is 1.46. The number of hydrogen-bond donors (Lipinski definition) is 2. The molecule has 86 valence electrons. The normalized spacial score (nSPS) is 27.6. The van der Waals surface area contributed by atoms with E-state index in [4.69, 9.17) is 6.58 Å². The van der Waals surface area contributed by atoms with Crippen molar-refractivity contribution in [2.45, 2.75) is 32.5 Å². The Balaban J connectivity index is 0.00000225. The van der Waals surface area contributed by atoms with Gasteiger partial charge in [0.15, 0.2) is 0 Å². The molecule has 0 aromatic carbocycles. The van der Waals surface area contributed by atoms with Crippen LogP contribution in [0.5, 0.6) is 0 Å². The fourth-order valence-electron chi connectivity index (χ4n) is 1.46. The number of rotatable bonds is 1. The van der Waals surface area contributed by atoms with E-state index in [0.29, 0.717) is 12.0 Å². The molecule has 0 spiro atoms. The third-order valence-electron chi connectivity index (χ3n) is 2.47. The van der Waals surface area contributed by atoms with Crippen molar-refractivity contribution in [1.82, 2.24) is 0 Å². The Morgan fingerprint density at radius 2 is 2.00 bits per heavy atom. The quantitative estimate of drug-likeness (QED) is 0.609. The summed E-state index contributed by atoms with van der Waals surface area (Å²) in [5.74, 6) is 0. The maximum absolute atomic E-state index is 9.67. The van der Waals surface area contributed by atoms with Gasteiger partial charge in [-0.25, -0.2) is 0 Å². The van der Waals surface area contributed by atoms with Gasteiger partial charge in [-0.05, 0) is 31.4 Å². The Labute approximate surface area is 121 Å². The summed E-state index contributed by atoms with van der Waals surface area (Å²) < 4.78 is 0. The molecule has 3 heteroatoms. The van der Waals surface area contributed by atoms with Crippen LogP contribution in [-0.2, 0) is 0 Å². The summed E-state index contributed by atoms with van der Waals surface area (Å²) in [5, 5.41) is 19.2. The second kappa shape index (κ2) is 6.61. The van der Waals surface area contributed by atoms with Crippen molar-refractivity contribution >= 4 is 0 Å². The van der Waals surface area contributed by atoms with Gasteiger partial charge < -0.3 is 16.8 Å². The van der Waals surface area contributed by atoms with Crippen molar-refractivity contribution in [3.8, 4) is 0 Å². The number of aliphatic hydroxyl groups is 2. The molecule has 2 N–H and O–H groups in total. The minimum absolute atomic E-state index is 0. The van der Waals surface area contributed by atoms with Gasteiger partial charge in [-0.1, -0.05) is 24.3 Å². The summed E-state index contributed by atoms with van der Waals surface area (Å²) >= 11 is 0. The van der Waals surface area contributed by atoms with Crippen LogP contribution in [0.15, 0.2) is 41.0 Å². The van der Waals surface area contributed by atoms with Crippen molar-refractivity contribution in [2.24, 2.45) is 0 Å². The molecule has 1 rings (SSSR count). The first kappa shape index (κ1) is 15.9. The predicted molar refractivity (Wildman–Crippen MR) is 61.1 cm³/mol. The van der Waals surface area contributed by atoms with Crippen LogP contribution in [0.4, 0.5) is 0 Å². The molecule has 0 aromatic heterocycles. The number of allylic oxidation sites excluding steroid dienone is 3. The van der Waals surface area contributed by atoms with Crippen LogP contribution in [-0.4, -0.2) is 22.4 Å². The molecule has 0 heterocycles. The largest absolute Gasteiger partial charge is 0.509 e. The molecule has 1 aliphatic carbocycles. The van der Waals surface area contributed by atoms with Gasteiger partial charge in [0.25, 0.3) is 0 Å². The molecule has 0 saturated heterocycles. The van der Waals surface area contributed by atoms with E-state index in [-0.39, 0.29) is 36.7 Å². The van der Waals surface area contributed by atoms with Crippen LogP contribution >= 0.6 is 0 Å². The van der Waals surface area contributed by atoms with Crippen LogP contribution < -0.4 is 0 Å². The molecule has 2 atom stereocenters. The summed E-state index contributed by atoms with van der Waals surface area (Å²) in [5.41, 5.74) is 2.77. The smallest absolute Gasteiger partial charge is 0.0703 e. The van der Waals surface area contributed by atoms with E-state index in [2.05, 4.69) is 6.58 Å². The maximum atomic E-state index is 9.67. The van der Waals surface area contributed by atoms with Crippen LogP contribution in [0, 0.1) is 37.7 Å². The minimum atomic E-state index is -0.925. The monoisotopic (exact) mass is 443 g/mol. The molecule has 1 saturated carbocycles. The van der Waals surface area contributed by atoms with E-state index >= 15 is 0 Å². The molecular weight excluding hydrogens is 426 g/mol. The molecule has 1 fully saturated rings. The summed E-state index contributed by atoms with van der Waals surface area (Å²) in [6, 6.07) is 0. The Morgan fingerprint density at radius 3 is 2.50 bits per heavy atom. The number of aliphatic hydroxyl groups excluding tert-OH is 2.